The highest BCUT2D eigenvalue weighted by molar-refractivity contribution is 9.10. The summed E-state index contributed by atoms with van der Waals surface area (Å²) in [6.07, 6.45) is 0. The highest BCUT2D eigenvalue weighted by Gasteiger charge is 2.15. The maximum Gasteiger partial charge on any atom is 0.320 e. The standard InChI is InChI=1S/C12H14BrNO3S/c1-8(15)14-9-3-5-10(6-4-9)18-7-11(13)12(16)17-2/h3-6,11H,7H2,1-2H3,(H,14,15). The SMILES string of the molecule is COC(=O)C(Br)CSc1ccc(NC(C)=O)cc1. The van der Waals surface area contributed by atoms with Crippen molar-refractivity contribution in [3.8, 4) is 0 Å². The van der Waals surface area contributed by atoms with Crippen molar-refractivity contribution in [2.75, 3.05) is 18.2 Å². The lowest BCUT2D eigenvalue weighted by Gasteiger charge is -2.07. The summed E-state index contributed by atoms with van der Waals surface area (Å²) in [6.45, 7) is 1.47. The second-order valence-electron chi connectivity index (χ2n) is 3.51. The largest absolute Gasteiger partial charge is 0.468 e. The zero-order valence-corrected chi connectivity index (χ0v) is 12.5. The van der Waals surface area contributed by atoms with Crippen molar-refractivity contribution in [2.24, 2.45) is 0 Å². The molecule has 1 unspecified atom stereocenters. The lowest BCUT2D eigenvalue weighted by molar-refractivity contribution is -0.139. The van der Waals surface area contributed by atoms with Crippen LogP contribution in [0.3, 0.4) is 0 Å². The Bertz CT molecular complexity index is 422. The van der Waals surface area contributed by atoms with Crippen LogP contribution in [0.4, 0.5) is 5.69 Å². The third-order valence-electron chi connectivity index (χ3n) is 2.03. The van der Waals surface area contributed by atoms with Gasteiger partial charge in [0.05, 0.1) is 7.11 Å². The minimum atomic E-state index is -0.317. The molecular weight excluding hydrogens is 318 g/mol. The van der Waals surface area contributed by atoms with E-state index < -0.39 is 0 Å². The van der Waals surface area contributed by atoms with E-state index in [1.54, 1.807) is 0 Å². The van der Waals surface area contributed by atoms with Gasteiger partial charge in [-0.2, -0.15) is 0 Å². The quantitative estimate of drug-likeness (QED) is 0.512. The molecule has 0 fully saturated rings. The number of thioether (sulfide) groups is 1. The fourth-order valence-electron chi connectivity index (χ4n) is 1.20. The number of benzene rings is 1. The van der Waals surface area contributed by atoms with Crippen LogP contribution in [0.5, 0.6) is 0 Å². The van der Waals surface area contributed by atoms with Crippen molar-refractivity contribution >= 4 is 45.3 Å². The molecule has 0 heterocycles. The van der Waals surface area contributed by atoms with Gasteiger partial charge in [0.2, 0.25) is 5.91 Å². The average Bonchev–Trinajstić information content (AvgIpc) is 2.36. The molecule has 1 atom stereocenters. The number of amides is 1. The molecule has 0 aliphatic heterocycles. The van der Waals surface area contributed by atoms with Gasteiger partial charge in [-0.05, 0) is 24.3 Å². The van der Waals surface area contributed by atoms with E-state index in [2.05, 4.69) is 26.0 Å². The fourth-order valence-corrected chi connectivity index (χ4v) is 2.59. The Kier molecular flexibility index (Phi) is 6.21. The normalized spacial score (nSPS) is 11.7. The van der Waals surface area contributed by atoms with E-state index in [9.17, 15) is 9.59 Å². The molecule has 18 heavy (non-hydrogen) atoms. The molecule has 0 spiro atoms. The molecule has 1 amide bonds. The van der Waals surface area contributed by atoms with E-state index in [1.807, 2.05) is 24.3 Å². The van der Waals surface area contributed by atoms with E-state index in [0.717, 1.165) is 10.6 Å². The smallest absolute Gasteiger partial charge is 0.320 e. The summed E-state index contributed by atoms with van der Waals surface area (Å²) in [5.74, 6) is 0.213. The zero-order chi connectivity index (χ0) is 13.5. The Morgan fingerprint density at radius 3 is 2.50 bits per heavy atom. The van der Waals surface area contributed by atoms with Crippen LogP contribution in [0.1, 0.15) is 6.92 Å². The molecule has 6 heteroatoms. The fraction of sp³-hybridized carbons (Fsp3) is 0.333. The summed E-state index contributed by atoms with van der Waals surface area (Å²) in [6, 6.07) is 7.44. The van der Waals surface area contributed by atoms with Crippen LogP contribution < -0.4 is 5.32 Å². The van der Waals surface area contributed by atoms with Crippen LogP contribution in [-0.2, 0) is 14.3 Å². The number of hydrogen-bond donors (Lipinski definition) is 1. The average molecular weight is 332 g/mol. The molecule has 0 saturated heterocycles. The summed E-state index contributed by atoms with van der Waals surface area (Å²) in [5, 5.41) is 2.69. The van der Waals surface area contributed by atoms with Gasteiger partial charge >= 0.3 is 5.97 Å². The topological polar surface area (TPSA) is 55.4 Å². The van der Waals surface area contributed by atoms with Crippen molar-refractivity contribution in [3.63, 3.8) is 0 Å². The van der Waals surface area contributed by atoms with Crippen LogP contribution >= 0.6 is 27.7 Å². The Labute approximate surface area is 119 Å². The second kappa shape index (κ2) is 7.43. The third kappa shape index (κ3) is 5.10. The van der Waals surface area contributed by atoms with E-state index >= 15 is 0 Å². The molecule has 1 aromatic carbocycles. The summed E-state index contributed by atoms with van der Waals surface area (Å²) in [7, 11) is 1.36. The molecule has 98 valence electrons. The lowest BCUT2D eigenvalue weighted by Crippen LogP contribution is -2.17. The molecule has 1 rings (SSSR count). The number of anilines is 1. The molecule has 0 aliphatic carbocycles. The van der Waals surface area contributed by atoms with E-state index in [4.69, 9.17) is 0 Å². The monoisotopic (exact) mass is 331 g/mol. The molecule has 1 aromatic rings. The van der Waals surface area contributed by atoms with Crippen molar-refractivity contribution in [2.45, 2.75) is 16.6 Å². The van der Waals surface area contributed by atoms with Crippen molar-refractivity contribution in [3.05, 3.63) is 24.3 Å². The van der Waals surface area contributed by atoms with Crippen LogP contribution in [0.15, 0.2) is 29.2 Å². The number of nitrogens with one attached hydrogen (secondary N) is 1. The maximum atomic E-state index is 11.2. The van der Waals surface area contributed by atoms with Gasteiger partial charge < -0.3 is 10.1 Å². The van der Waals surface area contributed by atoms with Gasteiger partial charge in [-0.3, -0.25) is 9.59 Å². The predicted molar refractivity (Wildman–Crippen MR) is 76.2 cm³/mol. The Morgan fingerprint density at radius 1 is 1.39 bits per heavy atom. The van der Waals surface area contributed by atoms with Gasteiger partial charge in [-0.15, -0.1) is 11.8 Å². The predicted octanol–water partition coefficient (Wildman–Crippen LogP) is 2.67. The first kappa shape index (κ1) is 15.0. The summed E-state index contributed by atoms with van der Waals surface area (Å²) < 4.78 is 4.62. The maximum absolute atomic E-state index is 11.2. The first-order valence-electron chi connectivity index (χ1n) is 5.25. The van der Waals surface area contributed by atoms with Crippen molar-refractivity contribution < 1.29 is 14.3 Å². The van der Waals surface area contributed by atoms with Gasteiger partial charge in [-0.25, -0.2) is 0 Å². The number of ether oxygens (including phenoxy) is 1. The number of esters is 1. The van der Waals surface area contributed by atoms with Crippen LogP contribution in [-0.4, -0.2) is 29.6 Å². The van der Waals surface area contributed by atoms with E-state index in [0.29, 0.717) is 5.75 Å². The molecule has 0 saturated carbocycles. The molecule has 0 radical (unpaired) electrons. The minimum absolute atomic E-state index is 0.0957. The molecule has 1 N–H and O–H groups in total. The highest BCUT2D eigenvalue weighted by atomic mass is 79.9. The van der Waals surface area contributed by atoms with Gasteiger partial charge in [0.15, 0.2) is 0 Å². The summed E-state index contributed by atoms with van der Waals surface area (Å²) in [5.41, 5.74) is 0.759. The van der Waals surface area contributed by atoms with Crippen LogP contribution in [0.2, 0.25) is 0 Å². The van der Waals surface area contributed by atoms with Crippen LogP contribution in [0.25, 0.3) is 0 Å². The van der Waals surface area contributed by atoms with Crippen molar-refractivity contribution in [1.29, 1.82) is 0 Å². The molecule has 4 nitrogen and oxygen atoms in total. The minimum Gasteiger partial charge on any atom is -0.468 e. The summed E-state index contributed by atoms with van der Waals surface area (Å²) in [4.78, 5) is 22.7. The number of methoxy groups -OCH3 is 1. The van der Waals surface area contributed by atoms with Crippen molar-refractivity contribution in [1.82, 2.24) is 0 Å². The molecular formula is C12H14BrNO3S. The number of carbonyl (C=O) groups is 2. The molecule has 0 aromatic heterocycles. The van der Waals surface area contributed by atoms with E-state index in [-0.39, 0.29) is 16.7 Å². The third-order valence-corrected chi connectivity index (χ3v) is 4.26. The van der Waals surface area contributed by atoms with Gasteiger partial charge in [-0.1, -0.05) is 15.9 Å². The van der Waals surface area contributed by atoms with Gasteiger partial charge in [0.1, 0.15) is 4.83 Å². The summed E-state index contributed by atoms with van der Waals surface area (Å²) >= 11 is 4.80. The second-order valence-corrected chi connectivity index (χ2v) is 5.71. The van der Waals surface area contributed by atoms with Crippen LogP contribution in [0, 0.1) is 0 Å². The molecule has 0 bridgehead atoms. The lowest BCUT2D eigenvalue weighted by atomic mass is 10.3. The number of carbonyl (C=O) groups excluding carboxylic acids is 2. The first-order chi connectivity index (χ1) is 8.52. The Hall–Kier alpha value is -1.01. The molecule has 0 aliphatic rings. The zero-order valence-electron chi connectivity index (χ0n) is 10.1. The first-order valence-corrected chi connectivity index (χ1v) is 7.15. The number of rotatable bonds is 5. The number of hydrogen-bond acceptors (Lipinski definition) is 4. The number of alkyl halides is 1. The Morgan fingerprint density at radius 2 is 2.00 bits per heavy atom. The highest BCUT2D eigenvalue weighted by Crippen LogP contribution is 2.23. The van der Waals surface area contributed by atoms with Gasteiger partial charge in [0.25, 0.3) is 0 Å². The van der Waals surface area contributed by atoms with E-state index in [1.165, 1.54) is 25.8 Å². The van der Waals surface area contributed by atoms with Gasteiger partial charge in [0, 0.05) is 23.3 Å². The number of halogens is 1. The Balaban J connectivity index is 2.48.